The number of rotatable bonds is 6. The standard InChI is InChI=1S/C22H24N4O2/c1-28-20-16-26(19-7-3-2-4-8-19)24-21(20)22(27)23-15-17-9-11-18(12-10-17)25-13-5-6-14-25/h2-4,7-12,16H,5-6,13-15H2,1H3,(H,23,27). The lowest BCUT2D eigenvalue weighted by Crippen LogP contribution is -2.24. The summed E-state index contributed by atoms with van der Waals surface area (Å²) in [7, 11) is 1.54. The van der Waals surface area contributed by atoms with Crippen molar-refractivity contribution >= 4 is 11.6 Å². The van der Waals surface area contributed by atoms with Gasteiger partial charge in [0.05, 0.1) is 19.0 Å². The second-order valence-corrected chi connectivity index (χ2v) is 6.87. The van der Waals surface area contributed by atoms with E-state index in [0.717, 1.165) is 24.3 Å². The van der Waals surface area contributed by atoms with Crippen molar-refractivity contribution in [3.05, 3.63) is 72.1 Å². The van der Waals surface area contributed by atoms with Crippen molar-refractivity contribution in [3.8, 4) is 11.4 Å². The van der Waals surface area contributed by atoms with Crippen molar-refractivity contribution in [2.24, 2.45) is 0 Å². The van der Waals surface area contributed by atoms with Gasteiger partial charge in [-0.3, -0.25) is 4.79 Å². The number of nitrogens with one attached hydrogen (secondary N) is 1. The van der Waals surface area contributed by atoms with Crippen LogP contribution in [0, 0.1) is 0 Å². The Morgan fingerprint density at radius 1 is 1.04 bits per heavy atom. The topological polar surface area (TPSA) is 59.4 Å². The van der Waals surface area contributed by atoms with Gasteiger partial charge in [0.25, 0.3) is 5.91 Å². The number of para-hydroxylation sites is 1. The van der Waals surface area contributed by atoms with Gasteiger partial charge in [0, 0.05) is 25.3 Å². The summed E-state index contributed by atoms with van der Waals surface area (Å²) in [5, 5.41) is 7.34. The molecule has 1 aromatic heterocycles. The van der Waals surface area contributed by atoms with E-state index in [1.807, 2.05) is 30.3 Å². The van der Waals surface area contributed by atoms with Gasteiger partial charge in [-0.05, 0) is 42.7 Å². The second-order valence-electron chi connectivity index (χ2n) is 6.87. The second kappa shape index (κ2) is 8.17. The van der Waals surface area contributed by atoms with Crippen molar-refractivity contribution in [1.29, 1.82) is 0 Å². The molecule has 1 fully saturated rings. The lowest BCUT2D eigenvalue weighted by atomic mass is 10.2. The van der Waals surface area contributed by atoms with Gasteiger partial charge in [-0.15, -0.1) is 0 Å². The highest BCUT2D eigenvalue weighted by molar-refractivity contribution is 5.94. The minimum Gasteiger partial charge on any atom is -0.493 e. The summed E-state index contributed by atoms with van der Waals surface area (Å²) in [6.45, 7) is 2.69. The Kier molecular flexibility index (Phi) is 5.28. The lowest BCUT2D eigenvalue weighted by Gasteiger charge is -2.17. The first kappa shape index (κ1) is 18.1. The average Bonchev–Trinajstić information content (AvgIpc) is 3.43. The number of ether oxygens (including phenoxy) is 1. The molecule has 144 valence electrons. The maximum Gasteiger partial charge on any atom is 0.275 e. The van der Waals surface area contributed by atoms with E-state index < -0.39 is 0 Å². The van der Waals surface area contributed by atoms with E-state index in [1.165, 1.54) is 18.5 Å². The van der Waals surface area contributed by atoms with Gasteiger partial charge in [0.1, 0.15) is 0 Å². The summed E-state index contributed by atoms with van der Waals surface area (Å²) in [5.74, 6) is 0.195. The fourth-order valence-electron chi connectivity index (χ4n) is 3.44. The summed E-state index contributed by atoms with van der Waals surface area (Å²) >= 11 is 0. The molecule has 0 bridgehead atoms. The number of benzene rings is 2. The Balaban J connectivity index is 1.43. The Labute approximate surface area is 164 Å². The summed E-state index contributed by atoms with van der Waals surface area (Å²) < 4.78 is 7.00. The summed E-state index contributed by atoms with van der Waals surface area (Å²) in [6.07, 6.45) is 4.24. The molecule has 1 aliphatic heterocycles. The van der Waals surface area contributed by atoms with Gasteiger partial charge in [0.2, 0.25) is 0 Å². The Hall–Kier alpha value is -3.28. The van der Waals surface area contributed by atoms with Crippen molar-refractivity contribution < 1.29 is 9.53 Å². The highest BCUT2D eigenvalue weighted by atomic mass is 16.5. The van der Waals surface area contributed by atoms with Crippen molar-refractivity contribution in [2.75, 3.05) is 25.1 Å². The fourth-order valence-corrected chi connectivity index (χ4v) is 3.44. The van der Waals surface area contributed by atoms with Gasteiger partial charge < -0.3 is 15.0 Å². The predicted octanol–water partition coefficient (Wildman–Crippen LogP) is 3.41. The molecule has 0 radical (unpaired) electrons. The van der Waals surface area contributed by atoms with Crippen LogP contribution in [0.5, 0.6) is 5.75 Å². The van der Waals surface area contributed by atoms with Crippen LogP contribution in [0.15, 0.2) is 60.8 Å². The smallest absolute Gasteiger partial charge is 0.275 e. The number of carbonyl (C=O) groups is 1. The summed E-state index contributed by atoms with van der Waals surface area (Å²) in [6, 6.07) is 18.0. The largest absolute Gasteiger partial charge is 0.493 e. The third kappa shape index (κ3) is 3.86. The normalized spacial score (nSPS) is 13.5. The molecule has 2 heterocycles. The number of methoxy groups -OCH3 is 1. The number of hydrogen-bond acceptors (Lipinski definition) is 4. The summed E-state index contributed by atoms with van der Waals surface area (Å²) in [5.41, 5.74) is 3.45. The number of amides is 1. The van der Waals surface area contributed by atoms with E-state index in [1.54, 1.807) is 18.0 Å². The van der Waals surface area contributed by atoms with E-state index >= 15 is 0 Å². The molecule has 0 unspecified atom stereocenters. The van der Waals surface area contributed by atoms with Crippen molar-refractivity contribution in [1.82, 2.24) is 15.1 Å². The molecule has 0 atom stereocenters. The average molecular weight is 376 g/mol. The first-order valence-electron chi connectivity index (χ1n) is 9.56. The van der Waals surface area contributed by atoms with Crippen LogP contribution in [0.25, 0.3) is 5.69 Å². The van der Waals surface area contributed by atoms with E-state index in [4.69, 9.17) is 4.74 Å². The number of hydrogen-bond donors (Lipinski definition) is 1. The molecule has 2 aromatic carbocycles. The molecular formula is C22H24N4O2. The molecule has 6 nitrogen and oxygen atoms in total. The molecule has 1 amide bonds. The van der Waals surface area contributed by atoms with Crippen LogP contribution in [-0.2, 0) is 6.54 Å². The zero-order valence-electron chi connectivity index (χ0n) is 16.0. The minimum absolute atomic E-state index is 0.254. The molecule has 1 aliphatic rings. The summed E-state index contributed by atoms with van der Waals surface area (Å²) in [4.78, 5) is 15.0. The number of nitrogens with zero attached hydrogens (tertiary/aromatic N) is 3. The fraction of sp³-hybridized carbons (Fsp3) is 0.273. The van der Waals surface area contributed by atoms with Gasteiger partial charge >= 0.3 is 0 Å². The number of anilines is 1. The highest BCUT2D eigenvalue weighted by Crippen LogP contribution is 2.21. The first-order valence-corrected chi connectivity index (χ1v) is 9.56. The molecule has 4 rings (SSSR count). The Bertz CT molecular complexity index is 929. The van der Waals surface area contributed by atoms with Gasteiger partial charge in [-0.25, -0.2) is 4.68 Å². The molecule has 0 aliphatic carbocycles. The van der Waals surface area contributed by atoms with E-state index in [2.05, 4.69) is 39.6 Å². The Morgan fingerprint density at radius 3 is 2.43 bits per heavy atom. The zero-order valence-corrected chi connectivity index (χ0v) is 16.0. The third-order valence-electron chi connectivity index (χ3n) is 5.00. The van der Waals surface area contributed by atoms with Crippen molar-refractivity contribution in [3.63, 3.8) is 0 Å². The van der Waals surface area contributed by atoms with Gasteiger partial charge in [-0.1, -0.05) is 30.3 Å². The molecule has 1 saturated heterocycles. The Morgan fingerprint density at radius 2 is 1.75 bits per heavy atom. The van der Waals surface area contributed by atoms with E-state index in [-0.39, 0.29) is 11.6 Å². The molecule has 0 spiro atoms. The SMILES string of the molecule is COc1cn(-c2ccccc2)nc1C(=O)NCc1ccc(N2CCCC2)cc1. The predicted molar refractivity (Wildman–Crippen MR) is 109 cm³/mol. The molecular weight excluding hydrogens is 352 g/mol. The van der Waals surface area contributed by atoms with Crippen LogP contribution >= 0.6 is 0 Å². The maximum atomic E-state index is 12.6. The van der Waals surface area contributed by atoms with Crippen LogP contribution < -0.4 is 15.0 Å². The molecule has 6 heteroatoms. The van der Waals surface area contributed by atoms with Crippen molar-refractivity contribution in [2.45, 2.75) is 19.4 Å². The monoisotopic (exact) mass is 376 g/mol. The number of aromatic nitrogens is 2. The maximum absolute atomic E-state index is 12.6. The lowest BCUT2D eigenvalue weighted by molar-refractivity contribution is 0.0942. The van der Waals surface area contributed by atoms with Crippen LogP contribution in [0.2, 0.25) is 0 Å². The van der Waals surface area contributed by atoms with Crippen LogP contribution in [0.3, 0.4) is 0 Å². The quantitative estimate of drug-likeness (QED) is 0.716. The molecule has 0 saturated carbocycles. The molecule has 1 N–H and O–H groups in total. The molecule has 28 heavy (non-hydrogen) atoms. The van der Waals surface area contributed by atoms with E-state index in [0.29, 0.717) is 12.3 Å². The van der Waals surface area contributed by atoms with E-state index in [9.17, 15) is 4.79 Å². The van der Waals surface area contributed by atoms with Crippen LogP contribution in [0.4, 0.5) is 5.69 Å². The van der Waals surface area contributed by atoms with Gasteiger partial charge in [-0.2, -0.15) is 5.10 Å². The van der Waals surface area contributed by atoms with Crippen LogP contribution in [0.1, 0.15) is 28.9 Å². The molecule has 3 aromatic rings. The third-order valence-corrected chi connectivity index (χ3v) is 5.00. The first-order chi connectivity index (χ1) is 13.7. The van der Waals surface area contributed by atoms with Crippen LogP contribution in [-0.4, -0.2) is 35.9 Å². The highest BCUT2D eigenvalue weighted by Gasteiger charge is 2.18. The van der Waals surface area contributed by atoms with Gasteiger partial charge in [0.15, 0.2) is 11.4 Å². The number of carbonyl (C=O) groups excluding carboxylic acids is 1. The minimum atomic E-state index is -0.254. The zero-order chi connectivity index (χ0) is 19.3.